The van der Waals surface area contributed by atoms with Crippen molar-refractivity contribution in [3.05, 3.63) is 199 Å². The zero-order valence-electron chi connectivity index (χ0n) is 30.8. The fourth-order valence-corrected chi connectivity index (χ4v) is 9.04. The van der Waals surface area contributed by atoms with E-state index >= 15 is 0 Å². The normalized spacial score (nSPS) is 11.6. The molecule has 0 spiro atoms. The monoisotopic (exact) mass is 689 g/mol. The molecule has 1 heterocycles. The molecule has 10 rings (SSSR count). The molecule has 0 unspecified atom stereocenters. The number of benzene rings is 9. The molecule has 0 aliphatic rings. The Morgan fingerprint density at radius 2 is 0.722 bits per heavy atom. The summed E-state index contributed by atoms with van der Waals surface area (Å²) in [6.45, 7) is 6.66. The molecule has 1 aromatic heterocycles. The summed E-state index contributed by atoms with van der Waals surface area (Å²) in [6, 6.07) is 67.2. The molecular weight excluding hydrogens is 651 g/mol. The van der Waals surface area contributed by atoms with Gasteiger partial charge in [-0.05, 0) is 140 Å². The highest BCUT2D eigenvalue weighted by molar-refractivity contribution is 6.22. The lowest BCUT2D eigenvalue weighted by Crippen LogP contribution is -1.94. The van der Waals surface area contributed by atoms with Crippen molar-refractivity contribution in [1.82, 2.24) is 4.57 Å². The van der Waals surface area contributed by atoms with Crippen molar-refractivity contribution < 1.29 is 0 Å². The van der Waals surface area contributed by atoms with Crippen LogP contribution in [0.3, 0.4) is 0 Å². The number of para-hydroxylation sites is 1. The Labute approximate surface area is 316 Å². The molecule has 1 heteroatoms. The van der Waals surface area contributed by atoms with Crippen LogP contribution in [0.25, 0.3) is 93.5 Å². The van der Waals surface area contributed by atoms with Gasteiger partial charge in [0.05, 0.1) is 11.0 Å². The predicted molar refractivity (Wildman–Crippen MR) is 232 cm³/mol. The van der Waals surface area contributed by atoms with Crippen molar-refractivity contribution >= 4 is 43.4 Å². The number of fused-ring (bicyclic) bond motifs is 5. The highest BCUT2D eigenvalue weighted by Gasteiger charge is 2.19. The quantitative estimate of drug-likeness (QED) is 0.159. The molecule has 256 valence electrons. The van der Waals surface area contributed by atoms with Gasteiger partial charge in [0.15, 0.2) is 0 Å². The third kappa shape index (κ3) is 5.16. The average molecular weight is 690 g/mol. The van der Waals surface area contributed by atoms with E-state index in [1.54, 1.807) is 0 Å². The third-order valence-corrected chi connectivity index (χ3v) is 11.2. The van der Waals surface area contributed by atoms with Crippen molar-refractivity contribution in [2.24, 2.45) is 0 Å². The topological polar surface area (TPSA) is 4.93 Å². The fourth-order valence-electron chi connectivity index (χ4n) is 9.04. The van der Waals surface area contributed by atoms with Crippen LogP contribution in [0.4, 0.5) is 0 Å². The Bertz CT molecular complexity index is 3020. The number of rotatable bonds is 5. The molecule has 9 aromatic carbocycles. The first-order valence-corrected chi connectivity index (χ1v) is 18.8. The highest BCUT2D eigenvalue weighted by atomic mass is 15.0. The van der Waals surface area contributed by atoms with Gasteiger partial charge in [-0.1, -0.05) is 145 Å². The van der Waals surface area contributed by atoms with Crippen LogP contribution in [-0.2, 0) is 0 Å². The summed E-state index contributed by atoms with van der Waals surface area (Å²) in [5, 5.41) is 7.57. The number of nitrogens with zero attached hydrogens (tertiary/aromatic N) is 1. The zero-order valence-corrected chi connectivity index (χ0v) is 30.8. The second-order valence-corrected chi connectivity index (χ2v) is 14.7. The molecule has 0 radical (unpaired) electrons. The van der Waals surface area contributed by atoms with E-state index in [4.69, 9.17) is 0 Å². The summed E-state index contributed by atoms with van der Waals surface area (Å²) >= 11 is 0. The van der Waals surface area contributed by atoms with Crippen molar-refractivity contribution in [1.29, 1.82) is 0 Å². The van der Waals surface area contributed by atoms with E-state index in [1.807, 2.05) is 0 Å². The van der Waals surface area contributed by atoms with Gasteiger partial charge in [0, 0.05) is 16.5 Å². The molecule has 10 aromatic rings. The second-order valence-electron chi connectivity index (χ2n) is 14.7. The summed E-state index contributed by atoms with van der Waals surface area (Å²) in [6.07, 6.45) is 0. The molecule has 0 bridgehead atoms. The van der Waals surface area contributed by atoms with Crippen LogP contribution in [-0.4, -0.2) is 4.57 Å². The van der Waals surface area contributed by atoms with E-state index in [9.17, 15) is 0 Å². The maximum Gasteiger partial charge on any atom is 0.0541 e. The lowest BCUT2D eigenvalue weighted by molar-refractivity contribution is 1.18. The Morgan fingerprint density at radius 1 is 0.296 bits per heavy atom. The van der Waals surface area contributed by atoms with Crippen LogP contribution >= 0.6 is 0 Å². The van der Waals surface area contributed by atoms with Crippen molar-refractivity contribution in [2.45, 2.75) is 20.8 Å². The van der Waals surface area contributed by atoms with E-state index in [0.29, 0.717) is 0 Å². The maximum atomic E-state index is 2.43. The van der Waals surface area contributed by atoms with Crippen molar-refractivity contribution in [3.63, 3.8) is 0 Å². The summed E-state index contributed by atoms with van der Waals surface area (Å²) < 4.78 is 2.42. The van der Waals surface area contributed by atoms with Gasteiger partial charge >= 0.3 is 0 Å². The molecule has 54 heavy (non-hydrogen) atoms. The Kier molecular flexibility index (Phi) is 7.56. The molecule has 0 aliphatic heterocycles. The molecule has 0 saturated heterocycles. The first-order valence-electron chi connectivity index (χ1n) is 18.8. The van der Waals surface area contributed by atoms with Crippen LogP contribution in [0.5, 0.6) is 0 Å². The smallest absolute Gasteiger partial charge is 0.0541 e. The standard InChI is InChI=1S/C53H39N/c1-34-29-35(2)51(36(3)30-34)41-25-28-50-47(33-41)46-31-40(24-27-49(46)54(50)42-19-11-6-12-20-42)39-23-26-45-48(32-39)53(38-17-9-5-10-18-38)44-22-14-13-21-43(44)52(45)37-15-7-4-8-16-37/h4-33H,1-3H3. The van der Waals surface area contributed by atoms with Gasteiger partial charge < -0.3 is 4.57 Å². The summed E-state index contributed by atoms with van der Waals surface area (Å²) in [7, 11) is 0. The van der Waals surface area contributed by atoms with E-state index in [0.717, 1.165) is 0 Å². The van der Waals surface area contributed by atoms with Crippen LogP contribution in [0, 0.1) is 20.8 Å². The van der Waals surface area contributed by atoms with Crippen molar-refractivity contribution in [3.8, 4) is 50.2 Å². The summed E-state index contributed by atoms with van der Waals surface area (Å²) in [4.78, 5) is 0. The second kappa shape index (κ2) is 12.8. The summed E-state index contributed by atoms with van der Waals surface area (Å²) in [5.41, 5.74) is 17.5. The maximum absolute atomic E-state index is 2.43. The van der Waals surface area contributed by atoms with E-state index < -0.39 is 0 Å². The van der Waals surface area contributed by atoms with E-state index in [1.165, 1.54) is 110 Å². The molecule has 0 atom stereocenters. The summed E-state index contributed by atoms with van der Waals surface area (Å²) in [5.74, 6) is 0. The first-order chi connectivity index (χ1) is 26.5. The molecule has 1 nitrogen and oxygen atoms in total. The van der Waals surface area contributed by atoms with Crippen LogP contribution in [0.15, 0.2) is 182 Å². The largest absolute Gasteiger partial charge is 0.309 e. The predicted octanol–water partition coefficient (Wildman–Crippen LogP) is 14.7. The Hall–Kier alpha value is -6.70. The van der Waals surface area contributed by atoms with Gasteiger partial charge in [0.2, 0.25) is 0 Å². The molecule has 0 amide bonds. The highest BCUT2D eigenvalue weighted by Crippen LogP contribution is 2.45. The minimum absolute atomic E-state index is 1.17. The van der Waals surface area contributed by atoms with Gasteiger partial charge in [-0.3, -0.25) is 0 Å². The molecule has 0 N–H and O–H groups in total. The number of hydrogen-bond donors (Lipinski definition) is 0. The SMILES string of the molecule is Cc1cc(C)c(-c2ccc3c(c2)c2cc(-c4ccc5c(-c6ccccc6)c6ccccc6c(-c6ccccc6)c5c4)ccc2n3-c2ccccc2)c(C)c1. The van der Waals surface area contributed by atoms with Gasteiger partial charge in [-0.15, -0.1) is 0 Å². The minimum Gasteiger partial charge on any atom is -0.309 e. The molecular formula is C53H39N. The van der Waals surface area contributed by atoms with Crippen molar-refractivity contribution in [2.75, 3.05) is 0 Å². The Morgan fingerprint density at radius 3 is 1.30 bits per heavy atom. The van der Waals surface area contributed by atoms with E-state index in [2.05, 4.69) is 207 Å². The lowest BCUT2D eigenvalue weighted by atomic mass is 9.85. The third-order valence-electron chi connectivity index (χ3n) is 11.2. The van der Waals surface area contributed by atoms with Gasteiger partial charge in [0.1, 0.15) is 0 Å². The fraction of sp³-hybridized carbons (Fsp3) is 0.0566. The van der Waals surface area contributed by atoms with E-state index in [-0.39, 0.29) is 0 Å². The van der Waals surface area contributed by atoms with Crippen LogP contribution < -0.4 is 0 Å². The molecule has 0 aliphatic carbocycles. The average Bonchev–Trinajstić information content (AvgIpc) is 3.53. The zero-order chi connectivity index (χ0) is 36.3. The van der Waals surface area contributed by atoms with Gasteiger partial charge in [0.25, 0.3) is 0 Å². The van der Waals surface area contributed by atoms with Gasteiger partial charge in [-0.2, -0.15) is 0 Å². The minimum atomic E-state index is 1.17. The number of aryl methyl sites for hydroxylation is 3. The Balaban J connectivity index is 1.25. The lowest BCUT2D eigenvalue weighted by Gasteiger charge is -2.18. The van der Waals surface area contributed by atoms with Crippen LogP contribution in [0.2, 0.25) is 0 Å². The molecule has 0 fully saturated rings. The molecule has 0 saturated carbocycles. The van der Waals surface area contributed by atoms with Gasteiger partial charge in [-0.25, -0.2) is 0 Å². The number of hydrogen-bond acceptors (Lipinski definition) is 0. The number of aromatic nitrogens is 1. The van der Waals surface area contributed by atoms with Crippen LogP contribution in [0.1, 0.15) is 16.7 Å². The first kappa shape index (κ1) is 32.0.